The number of anilines is 1. The average Bonchev–Trinajstić information content (AvgIpc) is 2.79. The molecule has 0 unspecified atom stereocenters. The first-order valence-corrected chi connectivity index (χ1v) is 9.51. The molecule has 0 fully saturated rings. The number of non-ortho nitro benzene ring substituents is 1. The lowest BCUT2D eigenvalue weighted by atomic mass is 10.1. The van der Waals surface area contributed by atoms with Crippen LogP contribution in [0.2, 0.25) is 0 Å². The van der Waals surface area contributed by atoms with E-state index in [0.717, 1.165) is 22.8 Å². The number of nitro groups is 2. The van der Waals surface area contributed by atoms with E-state index in [2.05, 4.69) is 22.4 Å². The second-order valence-corrected chi connectivity index (χ2v) is 6.66. The number of rotatable bonds is 6. The van der Waals surface area contributed by atoms with Crippen LogP contribution in [-0.4, -0.2) is 15.6 Å². The maximum Gasteiger partial charge on any atom is 0.301 e. The zero-order valence-corrected chi connectivity index (χ0v) is 17.1. The molecule has 0 aliphatic carbocycles. The molecule has 3 aromatic rings. The van der Waals surface area contributed by atoms with E-state index < -0.39 is 15.5 Å². The van der Waals surface area contributed by atoms with Crippen molar-refractivity contribution in [3.8, 4) is 11.8 Å². The van der Waals surface area contributed by atoms with Crippen molar-refractivity contribution in [1.82, 2.24) is 0 Å². The number of allylic oxidation sites excluding steroid dienone is 2. The Labute approximate surface area is 184 Å². The van der Waals surface area contributed by atoms with Crippen molar-refractivity contribution in [1.29, 1.82) is 0 Å². The van der Waals surface area contributed by atoms with Gasteiger partial charge in [-0.15, -0.1) is 0 Å². The molecule has 3 aromatic carbocycles. The van der Waals surface area contributed by atoms with Gasteiger partial charge in [-0.1, -0.05) is 59.9 Å². The van der Waals surface area contributed by atoms with Crippen molar-refractivity contribution in [3.63, 3.8) is 0 Å². The Balaban J connectivity index is 1.92. The topological polar surface area (TPSA) is 111 Å². The van der Waals surface area contributed by atoms with Crippen LogP contribution in [0.3, 0.4) is 0 Å². The molecule has 158 valence electrons. The molecule has 3 rings (SSSR count). The van der Waals surface area contributed by atoms with Crippen molar-refractivity contribution < 1.29 is 9.85 Å². The van der Waals surface area contributed by atoms with Gasteiger partial charge in [0.15, 0.2) is 0 Å². The van der Waals surface area contributed by atoms with Crippen LogP contribution >= 0.6 is 0 Å². The van der Waals surface area contributed by atoms with Crippen LogP contribution in [0.5, 0.6) is 0 Å². The third-order valence-corrected chi connectivity index (χ3v) is 4.35. The maximum absolute atomic E-state index is 11.4. The van der Waals surface area contributed by atoms with Gasteiger partial charge in [-0.05, 0) is 37.3 Å². The maximum atomic E-state index is 11.4. The fourth-order valence-electron chi connectivity index (χ4n) is 2.69. The first-order valence-electron chi connectivity index (χ1n) is 9.51. The van der Waals surface area contributed by atoms with E-state index in [1.807, 2.05) is 61.5 Å². The normalized spacial score (nSPS) is 11.0. The first kappa shape index (κ1) is 21.9. The Kier molecular flexibility index (Phi) is 7.07. The van der Waals surface area contributed by atoms with E-state index in [9.17, 15) is 20.2 Å². The third kappa shape index (κ3) is 5.87. The van der Waals surface area contributed by atoms with Gasteiger partial charge in [0.2, 0.25) is 0 Å². The molecule has 8 nitrogen and oxygen atoms in total. The highest BCUT2D eigenvalue weighted by atomic mass is 16.6. The third-order valence-electron chi connectivity index (χ3n) is 4.35. The summed E-state index contributed by atoms with van der Waals surface area (Å²) < 4.78 is 0. The van der Waals surface area contributed by atoms with E-state index in [1.165, 1.54) is 12.1 Å². The van der Waals surface area contributed by atoms with Crippen molar-refractivity contribution >= 4 is 22.8 Å². The number of nitrogens with zero attached hydrogens (tertiary/aromatic N) is 3. The van der Waals surface area contributed by atoms with Crippen LogP contribution in [0.25, 0.3) is 0 Å². The Hall–Kier alpha value is -4.77. The molecule has 0 radical (unpaired) electrons. The summed E-state index contributed by atoms with van der Waals surface area (Å²) in [6.45, 7) is 1.96. The average molecular weight is 426 g/mol. The van der Waals surface area contributed by atoms with Gasteiger partial charge < -0.3 is 0 Å². The van der Waals surface area contributed by atoms with Gasteiger partial charge >= 0.3 is 5.69 Å². The van der Waals surface area contributed by atoms with Crippen LogP contribution in [0.15, 0.2) is 90.0 Å². The monoisotopic (exact) mass is 426 g/mol. The summed E-state index contributed by atoms with van der Waals surface area (Å²) in [7, 11) is 0. The van der Waals surface area contributed by atoms with Crippen molar-refractivity contribution in [2.75, 3.05) is 5.43 Å². The van der Waals surface area contributed by atoms with Gasteiger partial charge in [0.1, 0.15) is 5.69 Å². The first-order chi connectivity index (χ1) is 15.4. The summed E-state index contributed by atoms with van der Waals surface area (Å²) in [4.78, 5) is 20.9. The molecule has 8 heteroatoms. The number of hydrogen-bond acceptors (Lipinski definition) is 6. The quantitative estimate of drug-likeness (QED) is 0.251. The molecule has 0 spiro atoms. The van der Waals surface area contributed by atoms with Gasteiger partial charge in [0, 0.05) is 17.2 Å². The molecular weight excluding hydrogens is 408 g/mol. The lowest BCUT2D eigenvalue weighted by molar-refractivity contribution is -0.393. The lowest BCUT2D eigenvalue weighted by Gasteiger charge is -2.06. The summed E-state index contributed by atoms with van der Waals surface area (Å²) in [5.74, 6) is 5.95. The highest BCUT2D eigenvalue weighted by Crippen LogP contribution is 2.29. The van der Waals surface area contributed by atoms with Crippen LogP contribution in [0.4, 0.5) is 17.1 Å². The Bertz CT molecular complexity index is 1250. The van der Waals surface area contributed by atoms with E-state index in [0.29, 0.717) is 5.71 Å². The number of hydrogen-bond donors (Lipinski definition) is 1. The Morgan fingerprint density at radius 3 is 2.34 bits per heavy atom. The molecule has 0 aliphatic heterocycles. The highest BCUT2D eigenvalue weighted by molar-refractivity contribution is 6.09. The van der Waals surface area contributed by atoms with E-state index in [4.69, 9.17) is 0 Å². The predicted molar refractivity (Wildman–Crippen MR) is 124 cm³/mol. The SMILES string of the molecule is Cc1ccc(C(/C=C/C#Cc2ccccc2)=N/Nc2ccc([N+](=O)[O-])cc2[N+](=O)[O-])cc1. The number of hydrazone groups is 1. The summed E-state index contributed by atoms with van der Waals surface area (Å²) in [5.41, 5.74) is 5.06. The van der Waals surface area contributed by atoms with Crippen molar-refractivity contribution in [2.24, 2.45) is 5.10 Å². The summed E-state index contributed by atoms with van der Waals surface area (Å²) >= 11 is 0. The molecule has 0 amide bonds. The molecule has 0 saturated heterocycles. The smallest absolute Gasteiger partial charge is 0.271 e. The minimum atomic E-state index is -0.697. The molecule has 1 N–H and O–H groups in total. The number of nitrogens with one attached hydrogen (secondary N) is 1. The summed E-state index contributed by atoms with van der Waals surface area (Å²) in [6.07, 6.45) is 3.32. The van der Waals surface area contributed by atoms with Crippen molar-refractivity contribution in [2.45, 2.75) is 6.92 Å². The number of aryl methyl sites for hydroxylation is 1. The molecular formula is C24H18N4O4. The van der Waals surface area contributed by atoms with Crippen LogP contribution in [0, 0.1) is 39.0 Å². The molecule has 0 aliphatic rings. The van der Waals surface area contributed by atoms with Gasteiger partial charge in [-0.25, -0.2) is 0 Å². The summed E-state index contributed by atoms with van der Waals surface area (Å²) in [6, 6.07) is 20.4. The van der Waals surface area contributed by atoms with Crippen LogP contribution < -0.4 is 5.43 Å². The number of benzene rings is 3. The fourth-order valence-corrected chi connectivity index (χ4v) is 2.69. The molecule has 0 saturated carbocycles. The van der Waals surface area contributed by atoms with E-state index in [1.54, 1.807) is 12.2 Å². The molecule has 32 heavy (non-hydrogen) atoms. The van der Waals surface area contributed by atoms with Gasteiger partial charge in [-0.3, -0.25) is 25.7 Å². The standard InChI is InChI=1S/C24H18N4O4/c1-18-11-13-20(14-12-18)22(10-6-5-9-19-7-3-2-4-8-19)25-26-23-16-15-21(27(29)30)17-24(23)28(31)32/h2-4,6-8,10-17,26H,1H3/b10-6+,25-22+. The second-order valence-electron chi connectivity index (χ2n) is 6.66. The molecule has 0 bridgehead atoms. The second kappa shape index (κ2) is 10.3. The number of nitro benzene ring substituents is 2. The Morgan fingerprint density at radius 2 is 1.69 bits per heavy atom. The van der Waals surface area contributed by atoms with E-state index >= 15 is 0 Å². The van der Waals surface area contributed by atoms with Gasteiger partial charge in [0.05, 0.1) is 21.6 Å². The molecule has 0 heterocycles. The van der Waals surface area contributed by atoms with Crippen molar-refractivity contribution in [3.05, 3.63) is 122 Å². The molecule has 0 atom stereocenters. The molecule has 0 aromatic heterocycles. The zero-order valence-electron chi connectivity index (χ0n) is 17.1. The van der Waals surface area contributed by atoms with Gasteiger partial charge in [-0.2, -0.15) is 5.10 Å². The van der Waals surface area contributed by atoms with E-state index in [-0.39, 0.29) is 11.4 Å². The van der Waals surface area contributed by atoms with Gasteiger partial charge in [0.25, 0.3) is 5.69 Å². The fraction of sp³-hybridized carbons (Fsp3) is 0.0417. The minimum absolute atomic E-state index is 0.0361. The minimum Gasteiger partial charge on any atom is -0.271 e. The Morgan fingerprint density at radius 1 is 0.969 bits per heavy atom. The predicted octanol–water partition coefficient (Wildman–Crippen LogP) is 5.24. The lowest BCUT2D eigenvalue weighted by Crippen LogP contribution is -2.03. The summed E-state index contributed by atoms with van der Waals surface area (Å²) in [5, 5.41) is 26.6. The van der Waals surface area contributed by atoms with Crippen LogP contribution in [0.1, 0.15) is 16.7 Å². The zero-order chi connectivity index (χ0) is 22.9. The van der Waals surface area contributed by atoms with Crippen LogP contribution in [-0.2, 0) is 0 Å². The largest absolute Gasteiger partial charge is 0.301 e. The highest BCUT2D eigenvalue weighted by Gasteiger charge is 2.19.